The minimum absolute atomic E-state index is 0.332. The quantitative estimate of drug-likeness (QED) is 0.823. The summed E-state index contributed by atoms with van der Waals surface area (Å²) in [5.41, 5.74) is 2.84. The molecule has 2 fully saturated rings. The van der Waals surface area contributed by atoms with E-state index in [1.807, 2.05) is 0 Å². The molecule has 0 bridgehead atoms. The highest BCUT2D eigenvalue weighted by Gasteiger charge is 2.32. The number of carbonyl (C=O) groups excluding carboxylic acids is 1. The van der Waals surface area contributed by atoms with E-state index in [4.69, 9.17) is 0 Å². The molecular weight excluding hydrogens is 300 g/mol. The molecule has 0 spiro atoms. The van der Waals surface area contributed by atoms with Gasteiger partial charge in [0.15, 0.2) is 0 Å². The van der Waals surface area contributed by atoms with E-state index in [9.17, 15) is 4.79 Å². The fourth-order valence-corrected chi connectivity index (χ4v) is 4.31. The van der Waals surface area contributed by atoms with Crippen LogP contribution in [0.1, 0.15) is 17.5 Å². The topological polar surface area (TPSA) is 30.0 Å². The summed E-state index contributed by atoms with van der Waals surface area (Å²) < 4.78 is 0. The van der Waals surface area contributed by atoms with E-state index in [0.717, 1.165) is 58.9 Å². The van der Waals surface area contributed by atoms with Gasteiger partial charge in [0.2, 0.25) is 5.91 Å². The fraction of sp³-hybridized carbons (Fsp3) is 0.632. The Bertz CT molecular complexity index is 580. The molecule has 130 valence electrons. The van der Waals surface area contributed by atoms with Crippen LogP contribution in [-0.2, 0) is 17.9 Å². The zero-order chi connectivity index (χ0) is 16.5. The summed E-state index contributed by atoms with van der Waals surface area (Å²) in [4.78, 5) is 22.1. The Balaban J connectivity index is 1.27. The van der Waals surface area contributed by atoms with Crippen molar-refractivity contribution in [2.75, 3.05) is 52.9 Å². The van der Waals surface area contributed by atoms with Crippen LogP contribution in [0.4, 0.5) is 0 Å². The highest BCUT2D eigenvalue weighted by atomic mass is 16.2. The zero-order valence-corrected chi connectivity index (χ0v) is 14.7. The molecule has 0 N–H and O–H groups in total. The van der Waals surface area contributed by atoms with E-state index in [1.165, 1.54) is 11.1 Å². The smallest absolute Gasteiger partial charge is 0.223 e. The average molecular weight is 328 g/mol. The maximum atomic E-state index is 12.7. The van der Waals surface area contributed by atoms with E-state index < -0.39 is 0 Å². The van der Waals surface area contributed by atoms with Crippen LogP contribution in [0.25, 0.3) is 0 Å². The van der Waals surface area contributed by atoms with Crippen LogP contribution in [0.5, 0.6) is 0 Å². The number of likely N-dealkylation sites (N-methyl/N-ethyl adjacent to an activating group) is 1. The minimum Gasteiger partial charge on any atom is -0.340 e. The Labute approximate surface area is 144 Å². The van der Waals surface area contributed by atoms with Gasteiger partial charge in [-0.2, -0.15) is 0 Å². The first-order valence-electron chi connectivity index (χ1n) is 9.18. The molecule has 5 nitrogen and oxygen atoms in total. The second kappa shape index (κ2) is 6.82. The third kappa shape index (κ3) is 3.34. The third-order valence-corrected chi connectivity index (χ3v) is 5.80. The number of rotatable bonds is 3. The van der Waals surface area contributed by atoms with Crippen molar-refractivity contribution in [3.8, 4) is 0 Å². The second-order valence-electron chi connectivity index (χ2n) is 7.52. The molecule has 1 aromatic carbocycles. The largest absolute Gasteiger partial charge is 0.340 e. The Kier molecular flexibility index (Phi) is 4.57. The van der Waals surface area contributed by atoms with Crippen molar-refractivity contribution in [2.45, 2.75) is 25.6 Å². The first-order valence-corrected chi connectivity index (χ1v) is 9.18. The van der Waals surface area contributed by atoms with Crippen LogP contribution >= 0.6 is 0 Å². The molecule has 3 heterocycles. The van der Waals surface area contributed by atoms with Crippen LogP contribution in [-0.4, -0.2) is 84.4 Å². The number of piperazine rings is 2. The molecule has 5 heteroatoms. The Hall–Kier alpha value is -1.43. The number of hydrogen-bond donors (Lipinski definition) is 0. The van der Waals surface area contributed by atoms with E-state index in [0.29, 0.717) is 18.4 Å². The lowest BCUT2D eigenvalue weighted by Gasteiger charge is -2.46. The van der Waals surface area contributed by atoms with Crippen molar-refractivity contribution in [1.82, 2.24) is 19.6 Å². The highest BCUT2D eigenvalue weighted by molar-refractivity contribution is 5.76. The molecule has 1 unspecified atom stereocenters. The number of nitrogens with zero attached hydrogens (tertiary/aromatic N) is 4. The normalized spacial score (nSPS) is 25.5. The summed E-state index contributed by atoms with van der Waals surface area (Å²) in [7, 11) is 2.18. The molecular formula is C19H28N4O. The maximum Gasteiger partial charge on any atom is 0.223 e. The van der Waals surface area contributed by atoms with Crippen LogP contribution < -0.4 is 0 Å². The van der Waals surface area contributed by atoms with Gasteiger partial charge in [-0.3, -0.25) is 14.6 Å². The molecule has 0 saturated carbocycles. The van der Waals surface area contributed by atoms with E-state index >= 15 is 0 Å². The number of amides is 1. The van der Waals surface area contributed by atoms with Gasteiger partial charge in [0, 0.05) is 71.4 Å². The molecule has 0 aromatic heterocycles. The van der Waals surface area contributed by atoms with Gasteiger partial charge in [-0.05, 0) is 18.2 Å². The van der Waals surface area contributed by atoms with Gasteiger partial charge in [-0.25, -0.2) is 0 Å². The van der Waals surface area contributed by atoms with Crippen LogP contribution in [0.2, 0.25) is 0 Å². The highest BCUT2D eigenvalue weighted by Crippen LogP contribution is 2.22. The van der Waals surface area contributed by atoms with Gasteiger partial charge >= 0.3 is 0 Å². The van der Waals surface area contributed by atoms with Gasteiger partial charge < -0.3 is 9.80 Å². The number of carbonyl (C=O) groups is 1. The number of fused-ring (bicyclic) bond motifs is 2. The lowest BCUT2D eigenvalue weighted by atomic mass is 10.1. The molecule has 3 aliphatic rings. The number of benzene rings is 1. The molecule has 1 aromatic rings. The average Bonchev–Trinajstić information content (AvgIpc) is 3.02. The Morgan fingerprint density at radius 3 is 2.50 bits per heavy atom. The summed E-state index contributed by atoms with van der Waals surface area (Å²) in [5.74, 6) is 0.332. The fourth-order valence-electron chi connectivity index (χ4n) is 4.31. The van der Waals surface area contributed by atoms with Gasteiger partial charge in [-0.1, -0.05) is 24.3 Å². The SMILES string of the molecule is CN1CCN2CCN(C(=O)CCN3Cc4ccccc4C3)CC2C1. The summed E-state index contributed by atoms with van der Waals surface area (Å²) >= 11 is 0. The van der Waals surface area contributed by atoms with E-state index in [-0.39, 0.29) is 0 Å². The van der Waals surface area contributed by atoms with Crippen LogP contribution in [0, 0.1) is 0 Å². The van der Waals surface area contributed by atoms with Crippen molar-refractivity contribution in [2.24, 2.45) is 0 Å². The first kappa shape index (κ1) is 16.1. The summed E-state index contributed by atoms with van der Waals surface area (Å²) in [6.07, 6.45) is 0.649. The van der Waals surface area contributed by atoms with Crippen LogP contribution in [0.3, 0.4) is 0 Å². The van der Waals surface area contributed by atoms with E-state index in [2.05, 4.69) is 50.9 Å². The monoisotopic (exact) mass is 328 g/mol. The Morgan fingerprint density at radius 2 is 1.75 bits per heavy atom. The molecule has 1 atom stereocenters. The molecule has 2 saturated heterocycles. The predicted molar refractivity (Wildman–Crippen MR) is 94.6 cm³/mol. The maximum absolute atomic E-state index is 12.7. The van der Waals surface area contributed by atoms with Gasteiger partial charge in [0.1, 0.15) is 0 Å². The molecule has 3 aliphatic heterocycles. The van der Waals surface area contributed by atoms with Crippen molar-refractivity contribution in [3.63, 3.8) is 0 Å². The van der Waals surface area contributed by atoms with Gasteiger partial charge in [0.05, 0.1) is 0 Å². The zero-order valence-electron chi connectivity index (χ0n) is 14.7. The third-order valence-electron chi connectivity index (χ3n) is 5.80. The minimum atomic E-state index is 0.332. The summed E-state index contributed by atoms with van der Waals surface area (Å²) in [6, 6.07) is 9.14. The van der Waals surface area contributed by atoms with Crippen molar-refractivity contribution in [3.05, 3.63) is 35.4 Å². The van der Waals surface area contributed by atoms with Crippen molar-refractivity contribution in [1.29, 1.82) is 0 Å². The van der Waals surface area contributed by atoms with Crippen molar-refractivity contribution >= 4 is 5.91 Å². The Morgan fingerprint density at radius 1 is 1.04 bits per heavy atom. The van der Waals surface area contributed by atoms with Gasteiger partial charge in [0.25, 0.3) is 0 Å². The molecule has 24 heavy (non-hydrogen) atoms. The lowest BCUT2D eigenvalue weighted by molar-refractivity contribution is -0.135. The van der Waals surface area contributed by atoms with Crippen molar-refractivity contribution < 1.29 is 4.79 Å². The van der Waals surface area contributed by atoms with Crippen LogP contribution in [0.15, 0.2) is 24.3 Å². The summed E-state index contributed by atoms with van der Waals surface area (Å²) in [5, 5.41) is 0. The van der Waals surface area contributed by atoms with Gasteiger partial charge in [-0.15, -0.1) is 0 Å². The lowest BCUT2D eigenvalue weighted by Crippen LogP contribution is -2.62. The number of hydrogen-bond acceptors (Lipinski definition) is 4. The van der Waals surface area contributed by atoms with E-state index in [1.54, 1.807) is 0 Å². The standard InChI is InChI=1S/C19H28N4O/c1-20-8-9-22-10-11-23(15-18(22)14-20)19(24)6-7-21-12-16-4-2-3-5-17(16)13-21/h2-5,18H,6-15H2,1H3. The predicted octanol–water partition coefficient (Wildman–Crippen LogP) is 0.851. The second-order valence-corrected chi connectivity index (χ2v) is 7.52. The summed E-state index contributed by atoms with van der Waals surface area (Å²) in [6.45, 7) is 9.09. The molecule has 0 radical (unpaired) electrons. The molecule has 1 amide bonds. The first-order chi connectivity index (χ1) is 11.7. The molecule has 0 aliphatic carbocycles. The molecule has 4 rings (SSSR count).